The fraction of sp³-hybridized carbons (Fsp3) is 0.538. The second-order valence-electron chi connectivity index (χ2n) is 10.3. The smallest absolute Gasteiger partial charge is 0.352 e. The molecule has 5 rings (SSSR count). The van der Waals surface area contributed by atoms with Gasteiger partial charge in [0.05, 0.1) is 18.6 Å². The number of sulfonamides is 1. The SMILES string of the molecule is Cn1c(C(=O)O)ccc1S(=O)(=O)N1CC2CN(CC[C@H](NC(=O)C3CCOC3)c3ccccc3)CC2C1. The number of fused-ring (bicyclic) bond motifs is 1. The number of carboxylic acids is 1. The van der Waals surface area contributed by atoms with Crippen LogP contribution in [0.25, 0.3) is 0 Å². The topological polar surface area (TPSA) is 121 Å². The van der Waals surface area contributed by atoms with Crippen LogP contribution in [0.2, 0.25) is 0 Å². The lowest BCUT2D eigenvalue weighted by atomic mass is 10.0. The Bertz CT molecular complexity index is 1230. The molecule has 10 nitrogen and oxygen atoms in total. The molecule has 0 bridgehead atoms. The lowest BCUT2D eigenvalue weighted by molar-refractivity contribution is -0.125. The normalized spacial score (nSPS) is 25.3. The molecule has 0 spiro atoms. The van der Waals surface area contributed by atoms with Gasteiger partial charge in [-0.25, -0.2) is 13.2 Å². The highest BCUT2D eigenvalue weighted by atomic mass is 32.2. The van der Waals surface area contributed by atoms with Crippen LogP contribution in [-0.2, 0) is 26.6 Å². The van der Waals surface area contributed by atoms with Crippen LogP contribution in [0.3, 0.4) is 0 Å². The zero-order chi connectivity index (χ0) is 26.2. The van der Waals surface area contributed by atoms with Crippen molar-refractivity contribution >= 4 is 21.9 Å². The van der Waals surface area contributed by atoms with E-state index in [0.29, 0.717) is 26.3 Å². The van der Waals surface area contributed by atoms with E-state index < -0.39 is 16.0 Å². The van der Waals surface area contributed by atoms with Crippen molar-refractivity contribution in [2.45, 2.75) is 23.9 Å². The molecule has 4 atom stereocenters. The van der Waals surface area contributed by atoms with Crippen molar-refractivity contribution in [1.82, 2.24) is 19.1 Å². The van der Waals surface area contributed by atoms with E-state index in [1.807, 2.05) is 30.3 Å². The van der Waals surface area contributed by atoms with Gasteiger partial charge in [0.15, 0.2) is 5.03 Å². The van der Waals surface area contributed by atoms with Gasteiger partial charge in [-0.15, -0.1) is 0 Å². The number of benzene rings is 1. The average Bonchev–Trinajstić information content (AvgIpc) is 3.66. The van der Waals surface area contributed by atoms with Crippen LogP contribution in [0.5, 0.6) is 0 Å². The predicted octanol–water partition coefficient (Wildman–Crippen LogP) is 1.56. The van der Waals surface area contributed by atoms with Crippen molar-refractivity contribution in [2.75, 3.05) is 45.9 Å². The average molecular weight is 531 g/mol. The number of nitrogens with zero attached hydrogens (tertiary/aromatic N) is 3. The molecule has 37 heavy (non-hydrogen) atoms. The molecular formula is C26H34N4O6S. The Morgan fingerprint density at radius 3 is 2.38 bits per heavy atom. The third-order valence-electron chi connectivity index (χ3n) is 7.98. The number of carboxylic acid groups (broad SMARTS) is 1. The molecule has 3 aliphatic heterocycles. The fourth-order valence-corrected chi connectivity index (χ4v) is 7.60. The zero-order valence-corrected chi connectivity index (χ0v) is 21.8. The first-order valence-electron chi connectivity index (χ1n) is 12.8. The van der Waals surface area contributed by atoms with Gasteiger partial charge in [-0.05, 0) is 42.4 Å². The van der Waals surface area contributed by atoms with Crippen LogP contribution in [0.1, 0.15) is 34.9 Å². The van der Waals surface area contributed by atoms with E-state index in [1.165, 1.54) is 28.1 Å². The van der Waals surface area contributed by atoms with Crippen molar-refractivity contribution in [3.8, 4) is 0 Å². The number of hydrogen-bond donors (Lipinski definition) is 2. The monoisotopic (exact) mass is 530 g/mol. The van der Waals surface area contributed by atoms with Gasteiger partial charge in [-0.2, -0.15) is 4.31 Å². The highest BCUT2D eigenvalue weighted by molar-refractivity contribution is 7.89. The van der Waals surface area contributed by atoms with E-state index in [9.17, 15) is 23.1 Å². The van der Waals surface area contributed by atoms with Crippen molar-refractivity contribution in [3.63, 3.8) is 0 Å². The Morgan fingerprint density at radius 2 is 1.78 bits per heavy atom. The van der Waals surface area contributed by atoms with E-state index in [4.69, 9.17) is 4.74 Å². The third-order valence-corrected chi connectivity index (χ3v) is 9.90. The number of ether oxygens (including phenoxy) is 1. The van der Waals surface area contributed by atoms with E-state index >= 15 is 0 Å². The molecular weight excluding hydrogens is 496 g/mol. The first kappa shape index (κ1) is 25.9. The molecule has 0 radical (unpaired) electrons. The number of carbonyl (C=O) groups is 2. The summed E-state index contributed by atoms with van der Waals surface area (Å²) in [7, 11) is -2.30. The number of rotatable bonds is 9. The maximum absolute atomic E-state index is 13.2. The molecule has 11 heteroatoms. The summed E-state index contributed by atoms with van der Waals surface area (Å²) in [6.45, 7) is 4.37. The highest BCUT2D eigenvalue weighted by Gasteiger charge is 2.45. The lowest BCUT2D eigenvalue weighted by Gasteiger charge is -2.25. The van der Waals surface area contributed by atoms with Gasteiger partial charge in [0, 0.05) is 46.4 Å². The minimum Gasteiger partial charge on any atom is -0.477 e. The van der Waals surface area contributed by atoms with Crippen LogP contribution >= 0.6 is 0 Å². The van der Waals surface area contributed by atoms with Crippen LogP contribution < -0.4 is 5.32 Å². The molecule has 2 aromatic rings. The number of aromatic nitrogens is 1. The molecule has 3 saturated heterocycles. The van der Waals surface area contributed by atoms with Crippen molar-refractivity contribution in [3.05, 3.63) is 53.7 Å². The summed E-state index contributed by atoms with van der Waals surface area (Å²) < 4.78 is 34.6. The summed E-state index contributed by atoms with van der Waals surface area (Å²) in [6.07, 6.45) is 1.52. The molecule has 3 aliphatic rings. The molecule has 3 fully saturated rings. The minimum absolute atomic E-state index is 0.0100. The summed E-state index contributed by atoms with van der Waals surface area (Å²) in [5.41, 5.74) is 1.03. The molecule has 1 aromatic carbocycles. The van der Waals surface area contributed by atoms with Crippen molar-refractivity contribution in [2.24, 2.45) is 24.8 Å². The molecule has 4 heterocycles. The minimum atomic E-state index is -3.77. The number of aromatic carboxylic acids is 1. The summed E-state index contributed by atoms with van der Waals surface area (Å²) in [5.74, 6) is -0.749. The van der Waals surface area contributed by atoms with Gasteiger partial charge in [-0.3, -0.25) is 4.79 Å². The third kappa shape index (κ3) is 5.31. The second-order valence-corrected chi connectivity index (χ2v) is 12.2. The largest absolute Gasteiger partial charge is 0.477 e. The Labute approximate surface area is 217 Å². The van der Waals surface area contributed by atoms with Gasteiger partial charge in [0.25, 0.3) is 10.0 Å². The van der Waals surface area contributed by atoms with E-state index in [1.54, 1.807) is 0 Å². The Kier molecular flexibility index (Phi) is 7.39. The predicted molar refractivity (Wildman–Crippen MR) is 135 cm³/mol. The first-order chi connectivity index (χ1) is 17.7. The molecule has 3 unspecified atom stereocenters. The maximum atomic E-state index is 13.2. The van der Waals surface area contributed by atoms with Gasteiger partial charge in [0.1, 0.15) is 5.69 Å². The highest BCUT2D eigenvalue weighted by Crippen LogP contribution is 2.35. The van der Waals surface area contributed by atoms with E-state index in [0.717, 1.165) is 38.0 Å². The molecule has 1 amide bonds. The summed E-state index contributed by atoms with van der Waals surface area (Å²) in [5, 5.41) is 12.5. The second kappa shape index (κ2) is 10.6. The summed E-state index contributed by atoms with van der Waals surface area (Å²) >= 11 is 0. The zero-order valence-electron chi connectivity index (χ0n) is 21.0. The molecule has 0 aliphatic carbocycles. The number of nitrogens with one attached hydrogen (secondary N) is 1. The number of likely N-dealkylation sites (tertiary alicyclic amines) is 1. The summed E-state index contributed by atoms with van der Waals surface area (Å²) in [4.78, 5) is 26.5. The lowest BCUT2D eigenvalue weighted by Crippen LogP contribution is -2.37. The molecule has 1 aromatic heterocycles. The number of amides is 1. The number of hydrogen-bond acceptors (Lipinski definition) is 6. The van der Waals surface area contributed by atoms with Crippen molar-refractivity contribution in [1.29, 1.82) is 0 Å². The van der Waals surface area contributed by atoms with Crippen LogP contribution in [-0.4, -0.2) is 85.1 Å². The quantitative estimate of drug-likeness (QED) is 0.505. The standard InChI is InChI=1S/C26H34N4O6S/c1-28-23(26(32)33)7-8-24(28)37(34,35)30-15-20-13-29(14-21(20)16-30)11-9-22(18-5-3-2-4-6-18)27-25(31)19-10-12-36-17-19/h2-8,19-22H,9-17H2,1H3,(H,27,31)(H,32,33)/t19?,20?,21?,22-/m0/s1. The van der Waals surface area contributed by atoms with Crippen LogP contribution in [0.4, 0.5) is 0 Å². The number of carbonyl (C=O) groups excluding carboxylic acids is 1. The van der Waals surface area contributed by atoms with Crippen molar-refractivity contribution < 1.29 is 27.9 Å². The Balaban J connectivity index is 1.19. The van der Waals surface area contributed by atoms with Crippen LogP contribution in [0.15, 0.2) is 47.5 Å². The molecule has 2 N–H and O–H groups in total. The molecule has 0 saturated carbocycles. The Morgan fingerprint density at radius 1 is 1.08 bits per heavy atom. The van der Waals surface area contributed by atoms with Gasteiger partial charge >= 0.3 is 5.97 Å². The fourth-order valence-electron chi connectivity index (χ4n) is 5.87. The first-order valence-corrected chi connectivity index (χ1v) is 14.2. The van der Waals surface area contributed by atoms with Gasteiger partial charge < -0.3 is 24.6 Å². The molecule has 200 valence electrons. The van der Waals surface area contributed by atoms with Crippen LogP contribution in [0, 0.1) is 17.8 Å². The van der Waals surface area contributed by atoms with E-state index in [-0.39, 0.29) is 40.4 Å². The maximum Gasteiger partial charge on any atom is 0.352 e. The van der Waals surface area contributed by atoms with E-state index in [2.05, 4.69) is 10.2 Å². The van der Waals surface area contributed by atoms with Gasteiger partial charge in [0.2, 0.25) is 5.91 Å². The summed E-state index contributed by atoms with van der Waals surface area (Å²) in [6, 6.07) is 12.6. The Hall–Kier alpha value is -2.73. The van der Waals surface area contributed by atoms with Gasteiger partial charge in [-0.1, -0.05) is 30.3 Å².